The molecule has 0 unspecified atom stereocenters. The van der Waals surface area contributed by atoms with Crippen molar-refractivity contribution in [2.45, 2.75) is 13.8 Å². The molecule has 0 saturated carbocycles. The van der Waals surface area contributed by atoms with Gasteiger partial charge >= 0.3 is 0 Å². The first kappa shape index (κ1) is 10.6. The Bertz CT molecular complexity index is 417. The summed E-state index contributed by atoms with van der Waals surface area (Å²) in [7, 11) is 0. The van der Waals surface area contributed by atoms with Crippen molar-refractivity contribution >= 4 is 29.1 Å². The van der Waals surface area contributed by atoms with Gasteiger partial charge in [-0.1, -0.05) is 11.6 Å². The Hall–Kier alpha value is -1.49. The number of nitrogen functional groups attached to an aromatic ring is 1. The molecule has 0 bridgehead atoms. The molecule has 0 fully saturated rings. The van der Waals surface area contributed by atoms with Crippen molar-refractivity contribution in [1.82, 2.24) is 9.97 Å². The molecule has 1 heterocycles. The number of aromatic nitrogens is 2. The van der Waals surface area contributed by atoms with Crippen LogP contribution < -0.4 is 5.73 Å². The monoisotopic (exact) mass is 213 g/mol. The molecule has 0 aromatic carbocycles. The molecule has 0 atom stereocenters. The summed E-state index contributed by atoms with van der Waals surface area (Å²) in [6.45, 7) is 2.57. The second-order valence-electron chi connectivity index (χ2n) is 2.71. The van der Waals surface area contributed by atoms with Crippen LogP contribution in [-0.2, 0) is 0 Å². The van der Waals surface area contributed by atoms with Crippen molar-refractivity contribution in [3.8, 4) is 0 Å². The van der Waals surface area contributed by atoms with E-state index in [0.29, 0.717) is 0 Å². The highest BCUT2D eigenvalue weighted by Gasteiger charge is 2.18. The minimum atomic E-state index is -0.369. The predicted octanol–water partition coefficient (Wildman–Crippen LogP) is 1.12. The molecular formula is C8H8ClN3O2. The lowest BCUT2D eigenvalue weighted by Gasteiger charge is -2.04. The fourth-order valence-corrected chi connectivity index (χ4v) is 1.33. The number of nitrogens with two attached hydrogens (primary N) is 1. The van der Waals surface area contributed by atoms with E-state index in [1.54, 1.807) is 0 Å². The van der Waals surface area contributed by atoms with Crippen molar-refractivity contribution in [3.05, 3.63) is 16.4 Å². The average molecular weight is 214 g/mol. The average Bonchev–Trinajstić information content (AvgIpc) is 2.01. The third-order valence-corrected chi connectivity index (χ3v) is 1.84. The van der Waals surface area contributed by atoms with E-state index < -0.39 is 0 Å². The van der Waals surface area contributed by atoms with Gasteiger partial charge in [-0.15, -0.1) is 0 Å². The topological polar surface area (TPSA) is 85.9 Å². The Balaban J connectivity index is 3.52. The fourth-order valence-electron chi connectivity index (χ4n) is 1.02. The number of Topliss-reactive ketones (excluding diaryl/α,β-unsaturated/α-hetero) is 2. The Morgan fingerprint density at radius 3 is 2.21 bits per heavy atom. The van der Waals surface area contributed by atoms with Crippen molar-refractivity contribution in [3.63, 3.8) is 0 Å². The number of carbonyl (C=O) groups excluding carboxylic acids is 2. The van der Waals surface area contributed by atoms with E-state index in [9.17, 15) is 9.59 Å². The minimum absolute atomic E-state index is 0.0216. The van der Waals surface area contributed by atoms with Crippen LogP contribution in [0.1, 0.15) is 34.7 Å². The van der Waals surface area contributed by atoms with Gasteiger partial charge in [0.15, 0.2) is 11.6 Å². The lowest BCUT2D eigenvalue weighted by molar-refractivity contribution is 0.0976. The van der Waals surface area contributed by atoms with E-state index in [-0.39, 0.29) is 33.9 Å². The number of anilines is 1. The Morgan fingerprint density at radius 2 is 1.79 bits per heavy atom. The maximum atomic E-state index is 11.1. The van der Waals surface area contributed by atoms with E-state index in [2.05, 4.69) is 9.97 Å². The van der Waals surface area contributed by atoms with Gasteiger partial charge in [-0.05, 0) is 6.92 Å². The smallest absolute Gasteiger partial charge is 0.222 e. The summed E-state index contributed by atoms with van der Waals surface area (Å²) in [5, 5.41) is -0.0878. The highest BCUT2D eigenvalue weighted by atomic mass is 35.5. The van der Waals surface area contributed by atoms with Crippen molar-refractivity contribution in [2.24, 2.45) is 0 Å². The summed E-state index contributed by atoms with van der Waals surface area (Å²) in [5.41, 5.74) is 5.29. The van der Waals surface area contributed by atoms with Crippen LogP contribution in [-0.4, -0.2) is 21.5 Å². The van der Waals surface area contributed by atoms with E-state index in [1.165, 1.54) is 13.8 Å². The molecule has 1 rings (SSSR count). The molecule has 14 heavy (non-hydrogen) atoms. The van der Waals surface area contributed by atoms with Crippen LogP contribution in [0.3, 0.4) is 0 Å². The summed E-state index contributed by atoms with van der Waals surface area (Å²) in [5.74, 6) is -0.850. The van der Waals surface area contributed by atoms with Gasteiger partial charge in [-0.3, -0.25) is 9.59 Å². The van der Waals surface area contributed by atoms with E-state index >= 15 is 0 Å². The Kier molecular flexibility index (Phi) is 2.81. The zero-order valence-electron chi connectivity index (χ0n) is 7.67. The molecular weight excluding hydrogens is 206 g/mol. The number of nitrogens with zero attached hydrogens (tertiary/aromatic N) is 2. The van der Waals surface area contributed by atoms with Gasteiger partial charge in [0.2, 0.25) is 5.95 Å². The largest absolute Gasteiger partial charge is 0.368 e. The van der Waals surface area contributed by atoms with Crippen molar-refractivity contribution in [1.29, 1.82) is 0 Å². The molecule has 0 amide bonds. The number of rotatable bonds is 2. The standard InChI is InChI=1S/C8H8ClN3O2/c1-3(13)5-6(4(2)14)11-8(10)12-7(5)9/h1-2H3,(H2,10,11,12). The van der Waals surface area contributed by atoms with Gasteiger partial charge in [0.1, 0.15) is 10.8 Å². The van der Waals surface area contributed by atoms with Crippen LogP contribution in [0.15, 0.2) is 0 Å². The van der Waals surface area contributed by atoms with Gasteiger partial charge in [0.05, 0.1) is 5.56 Å². The van der Waals surface area contributed by atoms with Crippen molar-refractivity contribution < 1.29 is 9.59 Å². The molecule has 0 aliphatic carbocycles. The zero-order chi connectivity index (χ0) is 10.9. The van der Waals surface area contributed by atoms with Crippen LogP contribution in [0.2, 0.25) is 5.15 Å². The van der Waals surface area contributed by atoms with E-state index in [1.807, 2.05) is 0 Å². The molecule has 0 radical (unpaired) electrons. The Labute approximate surface area is 85.3 Å². The molecule has 6 heteroatoms. The quantitative estimate of drug-likeness (QED) is 0.588. The van der Waals surface area contributed by atoms with Crippen LogP contribution >= 0.6 is 11.6 Å². The highest BCUT2D eigenvalue weighted by Crippen LogP contribution is 2.18. The normalized spacial score (nSPS) is 9.93. The van der Waals surface area contributed by atoms with Gasteiger partial charge in [0.25, 0.3) is 0 Å². The number of carbonyl (C=O) groups is 2. The molecule has 0 spiro atoms. The van der Waals surface area contributed by atoms with Gasteiger partial charge in [-0.25, -0.2) is 9.97 Å². The number of hydrogen-bond donors (Lipinski definition) is 1. The third kappa shape index (κ3) is 1.88. The number of halogens is 1. The number of hydrogen-bond acceptors (Lipinski definition) is 5. The molecule has 1 aromatic rings. The van der Waals surface area contributed by atoms with Gasteiger partial charge in [0, 0.05) is 6.92 Å². The lowest BCUT2D eigenvalue weighted by atomic mass is 10.1. The summed E-state index contributed by atoms with van der Waals surface area (Å²) in [6, 6.07) is 0. The molecule has 1 aromatic heterocycles. The molecule has 74 valence electrons. The number of ketones is 2. The predicted molar refractivity (Wildman–Crippen MR) is 51.5 cm³/mol. The fraction of sp³-hybridized carbons (Fsp3) is 0.250. The first-order valence-corrected chi connectivity index (χ1v) is 4.16. The first-order valence-electron chi connectivity index (χ1n) is 3.78. The minimum Gasteiger partial charge on any atom is -0.368 e. The van der Waals surface area contributed by atoms with E-state index in [4.69, 9.17) is 17.3 Å². The molecule has 2 N–H and O–H groups in total. The second-order valence-corrected chi connectivity index (χ2v) is 3.07. The lowest BCUT2D eigenvalue weighted by Crippen LogP contribution is -2.11. The van der Waals surface area contributed by atoms with Crippen LogP contribution in [0.25, 0.3) is 0 Å². The van der Waals surface area contributed by atoms with Crippen LogP contribution in [0.4, 0.5) is 5.95 Å². The summed E-state index contributed by atoms with van der Waals surface area (Å²) in [4.78, 5) is 29.5. The van der Waals surface area contributed by atoms with E-state index in [0.717, 1.165) is 0 Å². The first-order chi connectivity index (χ1) is 6.43. The second kappa shape index (κ2) is 3.71. The van der Waals surface area contributed by atoms with Crippen LogP contribution in [0, 0.1) is 0 Å². The molecule has 0 aliphatic heterocycles. The maximum Gasteiger partial charge on any atom is 0.222 e. The maximum absolute atomic E-state index is 11.1. The van der Waals surface area contributed by atoms with Gasteiger partial charge in [-0.2, -0.15) is 0 Å². The third-order valence-electron chi connectivity index (χ3n) is 1.57. The summed E-state index contributed by atoms with van der Waals surface area (Å²) < 4.78 is 0. The highest BCUT2D eigenvalue weighted by molar-refractivity contribution is 6.33. The Morgan fingerprint density at radius 1 is 1.21 bits per heavy atom. The summed E-state index contributed by atoms with van der Waals surface area (Å²) >= 11 is 5.67. The molecule has 0 aliphatic rings. The SMILES string of the molecule is CC(=O)c1nc(N)nc(Cl)c1C(C)=O. The molecule has 5 nitrogen and oxygen atoms in total. The zero-order valence-corrected chi connectivity index (χ0v) is 8.42. The van der Waals surface area contributed by atoms with Gasteiger partial charge < -0.3 is 5.73 Å². The summed E-state index contributed by atoms with van der Waals surface area (Å²) in [6.07, 6.45) is 0. The van der Waals surface area contributed by atoms with Crippen LogP contribution in [0.5, 0.6) is 0 Å². The van der Waals surface area contributed by atoms with Crippen molar-refractivity contribution in [2.75, 3.05) is 5.73 Å². The molecule has 0 saturated heterocycles.